The molecule has 0 aliphatic heterocycles. The number of rotatable bonds is 4. The Bertz CT molecular complexity index is 548. The van der Waals surface area contributed by atoms with Crippen LogP contribution in [0.15, 0.2) is 48.4 Å². The minimum absolute atomic E-state index is 0.0922. The van der Waals surface area contributed by atoms with Crippen LogP contribution in [0.25, 0.3) is 0 Å². The first-order valence-corrected chi connectivity index (χ1v) is 6.50. The average Bonchev–Trinajstić information content (AvgIpc) is 2.83. The topological polar surface area (TPSA) is 33.2 Å². The quantitative estimate of drug-likeness (QED) is 0.788. The molecule has 0 N–H and O–H groups in total. The van der Waals surface area contributed by atoms with E-state index in [0.29, 0.717) is 12.2 Å². The number of para-hydroxylation sites is 1. The van der Waals surface area contributed by atoms with Crippen molar-refractivity contribution in [2.24, 2.45) is 0 Å². The molecule has 1 amide bonds. The second-order valence-corrected chi connectivity index (χ2v) is 4.85. The van der Waals surface area contributed by atoms with E-state index in [4.69, 9.17) is 0 Å². The lowest BCUT2D eigenvalue weighted by molar-refractivity contribution is 0.0985. The van der Waals surface area contributed by atoms with Crippen molar-refractivity contribution in [3.63, 3.8) is 0 Å². The van der Waals surface area contributed by atoms with E-state index in [9.17, 15) is 4.79 Å². The minimum atomic E-state index is -0.0922. The predicted octanol–water partition coefficient (Wildman–Crippen LogP) is 3.28. The van der Waals surface area contributed by atoms with Crippen molar-refractivity contribution in [1.29, 1.82) is 0 Å². The lowest BCUT2D eigenvalue weighted by Gasteiger charge is -2.20. The molecule has 4 heteroatoms. The zero-order chi connectivity index (χ0) is 13.0. The molecule has 0 saturated carbocycles. The van der Waals surface area contributed by atoms with E-state index in [1.807, 2.05) is 37.3 Å². The lowest BCUT2D eigenvalue weighted by atomic mass is 10.2. The first-order chi connectivity index (χ1) is 8.72. The molecular weight excluding hydrogens is 244 g/mol. The van der Waals surface area contributed by atoms with Crippen LogP contribution in [0.1, 0.15) is 15.5 Å². The third-order valence-electron chi connectivity index (χ3n) is 2.46. The third kappa shape index (κ3) is 2.65. The standard InChI is InChI=1S/C14H14N2OS/c1-3-9-16(12-7-5-4-6-8-12)14(17)13-10-18-11(2)15-13/h3-8,10H,1,9H2,2H3. The van der Waals surface area contributed by atoms with E-state index in [1.54, 1.807) is 16.4 Å². The van der Waals surface area contributed by atoms with Gasteiger partial charge in [-0.05, 0) is 19.1 Å². The number of hydrogen-bond donors (Lipinski definition) is 0. The first-order valence-electron chi connectivity index (χ1n) is 5.62. The van der Waals surface area contributed by atoms with Gasteiger partial charge in [-0.15, -0.1) is 17.9 Å². The summed E-state index contributed by atoms with van der Waals surface area (Å²) < 4.78 is 0. The number of anilines is 1. The molecule has 2 rings (SSSR count). The molecule has 0 bridgehead atoms. The van der Waals surface area contributed by atoms with Crippen LogP contribution < -0.4 is 4.90 Å². The highest BCUT2D eigenvalue weighted by atomic mass is 32.1. The Morgan fingerprint density at radius 2 is 2.17 bits per heavy atom. The van der Waals surface area contributed by atoms with Crippen LogP contribution >= 0.6 is 11.3 Å². The molecule has 3 nitrogen and oxygen atoms in total. The van der Waals surface area contributed by atoms with Gasteiger partial charge in [0.25, 0.3) is 5.91 Å². The van der Waals surface area contributed by atoms with Crippen molar-refractivity contribution < 1.29 is 4.79 Å². The second kappa shape index (κ2) is 5.60. The summed E-state index contributed by atoms with van der Waals surface area (Å²) in [6, 6.07) is 9.55. The highest BCUT2D eigenvalue weighted by Crippen LogP contribution is 2.18. The van der Waals surface area contributed by atoms with Crippen molar-refractivity contribution in [3.05, 3.63) is 59.1 Å². The molecular formula is C14H14N2OS. The van der Waals surface area contributed by atoms with E-state index < -0.39 is 0 Å². The summed E-state index contributed by atoms with van der Waals surface area (Å²) in [5.41, 5.74) is 1.34. The Labute approximate surface area is 110 Å². The molecule has 0 fully saturated rings. The highest BCUT2D eigenvalue weighted by molar-refractivity contribution is 7.09. The Balaban J connectivity index is 2.31. The molecule has 0 atom stereocenters. The van der Waals surface area contributed by atoms with E-state index in [2.05, 4.69) is 11.6 Å². The van der Waals surface area contributed by atoms with Gasteiger partial charge >= 0.3 is 0 Å². The smallest absolute Gasteiger partial charge is 0.278 e. The predicted molar refractivity (Wildman–Crippen MR) is 75.2 cm³/mol. The SMILES string of the molecule is C=CCN(C(=O)c1csc(C)n1)c1ccccc1. The molecule has 1 aromatic heterocycles. The van der Waals surface area contributed by atoms with E-state index in [0.717, 1.165) is 10.7 Å². The van der Waals surface area contributed by atoms with Crippen LogP contribution in [-0.2, 0) is 0 Å². The maximum atomic E-state index is 12.4. The summed E-state index contributed by atoms with van der Waals surface area (Å²) in [6.45, 7) is 6.06. The van der Waals surface area contributed by atoms with E-state index >= 15 is 0 Å². The molecule has 18 heavy (non-hydrogen) atoms. The molecule has 0 aliphatic rings. The lowest BCUT2D eigenvalue weighted by Crippen LogP contribution is -2.31. The Morgan fingerprint density at radius 3 is 2.72 bits per heavy atom. The molecule has 0 saturated heterocycles. The van der Waals surface area contributed by atoms with Crippen molar-refractivity contribution in [1.82, 2.24) is 4.98 Å². The fourth-order valence-electron chi connectivity index (χ4n) is 1.64. The van der Waals surface area contributed by atoms with E-state index in [-0.39, 0.29) is 5.91 Å². The molecule has 0 radical (unpaired) electrons. The van der Waals surface area contributed by atoms with Crippen LogP contribution in [0.2, 0.25) is 0 Å². The summed E-state index contributed by atoms with van der Waals surface area (Å²) in [5, 5.41) is 2.68. The van der Waals surface area contributed by atoms with Gasteiger partial charge < -0.3 is 4.90 Å². The maximum absolute atomic E-state index is 12.4. The number of hydrogen-bond acceptors (Lipinski definition) is 3. The average molecular weight is 258 g/mol. The summed E-state index contributed by atoms with van der Waals surface area (Å²) in [6.07, 6.45) is 1.71. The number of aromatic nitrogens is 1. The summed E-state index contributed by atoms with van der Waals surface area (Å²) in [4.78, 5) is 18.3. The number of aryl methyl sites for hydroxylation is 1. The normalized spacial score (nSPS) is 10.1. The molecule has 2 aromatic rings. The van der Waals surface area contributed by atoms with E-state index in [1.165, 1.54) is 11.3 Å². The van der Waals surface area contributed by atoms with Crippen molar-refractivity contribution >= 4 is 22.9 Å². The molecule has 0 aliphatic carbocycles. The number of amides is 1. The zero-order valence-corrected chi connectivity index (χ0v) is 11.0. The van der Waals surface area contributed by atoms with Crippen molar-refractivity contribution in [2.45, 2.75) is 6.92 Å². The minimum Gasteiger partial charge on any atom is -0.303 e. The summed E-state index contributed by atoms with van der Waals surface area (Å²) >= 11 is 1.48. The molecule has 92 valence electrons. The Kier molecular flexibility index (Phi) is 3.89. The summed E-state index contributed by atoms with van der Waals surface area (Å²) in [7, 11) is 0. The fourth-order valence-corrected chi connectivity index (χ4v) is 2.23. The molecule has 0 unspecified atom stereocenters. The van der Waals surface area contributed by atoms with Gasteiger partial charge in [-0.2, -0.15) is 0 Å². The molecule has 1 aromatic carbocycles. The van der Waals surface area contributed by atoms with Gasteiger partial charge in [-0.1, -0.05) is 24.3 Å². The Morgan fingerprint density at radius 1 is 1.44 bits per heavy atom. The maximum Gasteiger partial charge on any atom is 0.278 e. The van der Waals surface area contributed by atoms with Gasteiger partial charge in [0.1, 0.15) is 5.69 Å². The van der Waals surface area contributed by atoms with Crippen LogP contribution in [0.3, 0.4) is 0 Å². The van der Waals surface area contributed by atoms with Crippen molar-refractivity contribution in [3.8, 4) is 0 Å². The largest absolute Gasteiger partial charge is 0.303 e. The van der Waals surface area contributed by atoms with Crippen LogP contribution in [0.5, 0.6) is 0 Å². The highest BCUT2D eigenvalue weighted by Gasteiger charge is 2.18. The van der Waals surface area contributed by atoms with Crippen LogP contribution in [0.4, 0.5) is 5.69 Å². The van der Waals surface area contributed by atoms with Gasteiger partial charge in [0.05, 0.1) is 5.01 Å². The van der Waals surface area contributed by atoms with Gasteiger partial charge in [-0.25, -0.2) is 4.98 Å². The summed E-state index contributed by atoms with van der Waals surface area (Å²) in [5.74, 6) is -0.0922. The number of carbonyl (C=O) groups excluding carboxylic acids is 1. The van der Waals surface area contributed by atoms with Gasteiger partial charge in [-0.3, -0.25) is 4.79 Å². The van der Waals surface area contributed by atoms with Crippen molar-refractivity contribution in [2.75, 3.05) is 11.4 Å². The molecule has 1 heterocycles. The van der Waals surface area contributed by atoms with Gasteiger partial charge in [0.15, 0.2) is 0 Å². The number of benzene rings is 1. The van der Waals surface area contributed by atoms with Gasteiger partial charge in [0, 0.05) is 17.6 Å². The number of thiazole rings is 1. The third-order valence-corrected chi connectivity index (χ3v) is 3.24. The Hall–Kier alpha value is -1.94. The monoisotopic (exact) mass is 258 g/mol. The fraction of sp³-hybridized carbons (Fsp3) is 0.143. The van der Waals surface area contributed by atoms with Crippen LogP contribution in [0, 0.1) is 6.92 Å². The second-order valence-electron chi connectivity index (χ2n) is 3.79. The first kappa shape index (κ1) is 12.5. The number of carbonyl (C=O) groups is 1. The number of nitrogens with zero attached hydrogens (tertiary/aromatic N) is 2. The molecule has 0 spiro atoms. The van der Waals surface area contributed by atoms with Crippen LogP contribution in [-0.4, -0.2) is 17.4 Å². The van der Waals surface area contributed by atoms with Gasteiger partial charge in [0.2, 0.25) is 0 Å². The zero-order valence-electron chi connectivity index (χ0n) is 10.2.